The number of carboxylic acids is 1. The highest BCUT2D eigenvalue weighted by atomic mass is 16.7. The third kappa shape index (κ3) is 38.8. The van der Waals surface area contributed by atoms with Gasteiger partial charge in [0, 0.05) is 12.8 Å². The lowest BCUT2D eigenvalue weighted by Crippen LogP contribution is -2.44. The fraction of sp³-hybridized carbons (Fsp3) is 0.674. The molecule has 314 valence electrons. The summed E-state index contributed by atoms with van der Waals surface area (Å²) in [6, 6.07) is 0. The zero-order valence-corrected chi connectivity index (χ0v) is 35.3. The molecule has 0 rings (SSSR count). The van der Waals surface area contributed by atoms with Crippen LogP contribution in [0.4, 0.5) is 0 Å². The third-order valence-corrected chi connectivity index (χ3v) is 8.47. The lowest BCUT2D eigenvalue weighted by molar-refractivity contribution is -0.870. The van der Waals surface area contributed by atoms with E-state index >= 15 is 0 Å². The quantitative estimate of drug-likeness (QED) is 0.0202. The minimum absolute atomic E-state index is 0.141. The molecule has 0 aliphatic heterocycles. The molecule has 2 atom stereocenters. The van der Waals surface area contributed by atoms with E-state index in [0.717, 1.165) is 109 Å². The largest absolute Gasteiger partial charge is 0.545 e. The molecule has 0 aliphatic rings. The average molecular weight is 772 g/mol. The van der Waals surface area contributed by atoms with E-state index in [9.17, 15) is 19.5 Å². The normalized spacial score (nSPS) is 13.7. The first-order chi connectivity index (χ1) is 26.6. The highest BCUT2D eigenvalue weighted by Crippen LogP contribution is 2.12. The number of quaternary nitrogens is 1. The molecule has 0 spiro atoms. The zero-order chi connectivity index (χ0) is 40.7. The summed E-state index contributed by atoms with van der Waals surface area (Å²) in [6.45, 7) is 4.48. The number of hydrogen-bond donors (Lipinski definition) is 0. The fourth-order valence-electron chi connectivity index (χ4n) is 5.18. The van der Waals surface area contributed by atoms with Crippen molar-refractivity contribution in [3.8, 4) is 0 Å². The predicted octanol–water partition coefficient (Wildman–Crippen LogP) is 9.44. The number of carbonyl (C=O) groups excluding carboxylic acids is 3. The molecule has 9 nitrogen and oxygen atoms in total. The lowest BCUT2D eigenvalue weighted by atomic mass is 10.1. The molecule has 0 fully saturated rings. The molecule has 0 bridgehead atoms. The van der Waals surface area contributed by atoms with Crippen LogP contribution in [0.3, 0.4) is 0 Å². The fourth-order valence-corrected chi connectivity index (χ4v) is 5.18. The second-order valence-electron chi connectivity index (χ2n) is 14.9. The molecule has 2 unspecified atom stereocenters. The number of ether oxygens (including phenoxy) is 4. The first-order valence-electron chi connectivity index (χ1n) is 21.1. The van der Waals surface area contributed by atoms with E-state index in [0.29, 0.717) is 17.4 Å². The van der Waals surface area contributed by atoms with Crippen LogP contribution in [0, 0.1) is 0 Å². The molecule has 9 heteroatoms. The number of carbonyl (C=O) groups is 3. The molecule has 0 aromatic heterocycles. The van der Waals surface area contributed by atoms with Crippen molar-refractivity contribution in [3.05, 3.63) is 72.9 Å². The number of carboxylic acid groups (broad SMARTS) is 1. The number of nitrogens with zero attached hydrogens (tertiary/aromatic N) is 1. The molecule has 0 heterocycles. The molecule has 0 saturated carbocycles. The van der Waals surface area contributed by atoms with Gasteiger partial charge in [0.1, 0.15) is 13.2 Å². The van der Waals surface area contributed by atoms with Gasteiger partial charge in [-0.25, -0.2) is 0 Å². The first kappa shape index (κ1) is 51.7. The van der Waals surface area contributed by atoms with Gasteiger partial charge >= 0.3 is 11.9 Å². The standard InChI is InChI=1S/C46H77NO8/c1-6-8-10-12-13-14-15-16-17-18-19-20-21-22-23-24-25-26-27-28-29-30-31-33-35-37-44(49)55-42(40-53-43(48)36-34-32-11-9-7-2)41-54-46(45(50)51)52-39-38-47(3,4)5/h8,10,13-14,16-17,19-20,22-23,25-26,42,46H,6-7,9,11-12,15,18,21,24,27-41H2,1-5H3/b10-8-,14-13-,17-16-,20-19-,23-22-,26-25-. The van der Waals surface area contributed by atoms with Crippen LogP contribution in [0.1, 0.15) is 142 Å². The maximum Gasteiger partial charge on any atom is 0.306 e. The molecule has 0 N–H and O–H groups in total. The Hall–Kier alpha value is -3.27. The Balaban J connectivity index is 4.29. The van der Waals surface area contributed by atoms with Gasteiger partial charge in [0.25, 0.3) is 0 Å². The van der Waals surface area contributed by atoms with E-state index in [4.69, 9.17) is 18.9 Å². The summed E-state index contributed by atoms with van der Waals surface area (Å²) >= 11 is 0. The summed E-state index contributed by atoms with van der Waals surface area (Å²) in [7, 11) is 5.88. The van der Waals surface area contributed by atoms with Crippen LogP contribution in [0.5, 0.6) is 0 Å². The van der Waals surface area contributed by atoms with E-state index in [-0.39, 0.29) is 38.6 Å². The van der Waals surface area contributed by atoms with Gasteiger partial charge in [-0.15, -0.1) is 0 Å². The Labute approximate surface area is 335 Å². The van der Waals surface area contributed by atoms with Crippen molar-refractivity contribution in [3.63, 3.8) is 0 Å². The highest BCUT2D eigenvalue weighted by molar-refractivity contribution is 5.70. The Kier molecular flexibility index (Phi) is 35.4. The van der Waals surface area contributed by atoms with Gasteiger partial charge in [0.05, 0.1) is 40.3 Å². The molecular weight excluding hydrogens is 695 g/mol. The summed E-state index contributed by atoms with van der Waals surface area (Å²) in [5.41, 5.74) is 0. The smallest absolute Gasteiger partial charge is 0.306 e. The highest BCUT2D eigenvalue weighted by Gasteiger charge is 2.21. The number of likely N-dealkylation sites (N-methyl/N-ethyl adjacent to an activating group) is 1. The number of hydrogen-bond acceptors (Lipinski definition) is 8. The molecule has 0 aromatic carbocycles. The van der Waals surface area contributed by atoms with Crippen LogP contribution in [-0.2, 0) is 33.3 Å². The maximum atomic E-state index is 12.7. The van der Waals surface area contributed by atoms with Crippen molar-refractivity contribution in [1.82, 2.24) is 0 Å². The van der Waals surface area contributed by atoms with Crippen molar-refractivity contribution >= 4 is 17.9 Å². The van der Waals surface area contributed by atoms with Crippen molar-refractivity contribution in [2.75, 3.05) is 47.5 Å². The predicted molar refractivity (Wildman–Crippen MR) is 223 cm³/mol. The molecule has 55 heavy (non-hydrogen) atoms. The van der Waals surface area contributed by atoms with E-state index < -0.39 is 24.3 Å². The van der Waals surface area contributed by atoms with Crippen LogP contribution < -0.4 is 5.11 Å². The zero-order valence-electron chi connectivity index (χ0n) is 35.3. The number of unbranched alkanes of at least 4 members (excludes halogenated alkanes) is 10. The average Bonchev–Trinajstić information content (AvgIpc) is 3.14. The SMILES string of the molecule is CC/C=C\C/C=C\C/C=C\C/C=C\C/C=C\C/C=C\CCCCCCCCC(=O)OC(COC(=O)CCCCCCC)COC(OCC[N+](C)(C)C)C(=O)[O-]. The van der Waals surface area contributed by atoms with Crippen LogP contribution in [0.2, 0.25) is 0 Å². The van der Waals surface area contributed by atoms with Crippen molar-refractivity contribution < 1.29 is 42.9 Å². The number of rotatable bonds is 37. The summed E-state index contributed by atoms with van der Waals surface area (Å²) < 4.78 is 22.3. The van der Waals surface area contributed by atoms with Gasteiger partial charge in [0.2, 0.25) is 0 Å². The second-order valence-corrected chi connectivity index (χ2v) is 14.9. The lowest BCUT2D eigenvalue weighted by Gasteiger charge is -2.26. The minimum Gasteiger partial charge on any atom is -0.545 e. The maximum absolute atomic E-state index is 12.7. The van der Waals surface area contributed by atoms with E-state index in [2.05, 4.69) is 86.8 Å². The Morgan fingerprint density at radius 3 is 1.55 bits per heavy atom. The van der Waals surface area contributed by atoms with E-state index in [1.54, 1.807) is 0 Å². The van der Waals surface area contributed by atoms with Gasteiger partial charge in [-0.2, -0.15) is 0 Å². The molecule has 0 saturated heterocycles. The summed E-state index contributed by atoms with van der Waals surface area (Å²) in [4.78, 5) is 36.6. The Morgan fingerprint density at radius 1 is 0.564 bits per heavy atom. The third-order valence-electron chi connectivity index (χ3n) is 8.47. The number of aliphatic carboxylic acids is 1. The molecule has 0 radical (unpaired) electrons. The van der Waals surface area contributed by atoms with Crippen LogP contribution in [0.25, 0.3) is 0 Å². The van der Waals surface area contributed by atoms with Crippen LogP contribution in [-0.4, -0.2) is 82.3 Å². The number of allylic oxidation sites excluding steroid dienone is 12. The minimum atomic E-state index is -1.62. The van der Waals surface area contributed by atoms with Crippen LogP contribution >= 0.6 is 0 Å². The summed E-state index contributed by atoms with van der Waals surface area (Å²) in [5.74, 6) is -2.33. The van der Waals surface area contributed by atoms with Gasteiger partial charge < -0.3 is 33.3 Å². The molecule has 0 amide bonds. The van der Waals surface area contributed by atoms with Gasteiger partial charge in [-0.05, 0) is 64.2 Å². The van der Waals surface area contributed by atoms with E-state index in [1.807, 2.05) is 21.1 Å². The molecule has 0 aromatic rings. The Bertz CT molecular complexity index is 1130. The van der Waals surface area contributed by atoms with Gasteiger partial charge in [-0.3, -0.25) is 9.59 Å². The summed E-state index contributed by atoms with van der Waals surface area (Å²) in [6.07, 6.45) is 42.7. The Morgan fingerprint density at radius 2 is 1.04 bits per heavy atom. The van der Waals surface area contributed by atoms with E-state index in [1.165, 1.54) is 0 Å². The van der Waals surface area contributed by atoms with Crippen molar-refractivity contribution in [2.24, 2.45) is 0 Å². The first-order valence-corrected chi connectivity index (χ1v) is 21.1. The van der Waals surface area contributed by atoms with Crippen molar-refractivity contribution in [2.45, 2.75) is 155 Å². The van der Waals surface area contributed by atoms with Crippen LogP contribution in [0.15, 0.2) is 72.9 Å². The molecular formula is C46H77NO8. The second kappa shape index (κ2) is 37.6. The summed E-state index contributed by atoms with van der Waals surface area (Å²) in [5, 5.41) is 11.6. The molecule has 0 aliphatic carbocycles. The van der Waals surface area contributed by atoms with Gasteiger partial charge in [-0.1, -0.05) is 138 Å². The van der Waals surface area contributed by atoms with Crippen molar-refractivity contribution in [1.29, 1.82) is 0 Å². The van der Waals surface area contributed by atoms with Gasteiger partial charge in [0.15, 0.2) is 12.4 Å². The monoisotopic (exact) mass is 772 g/mol. The number of esters is 2. The topological polar surface area (TPSA) is 111 Å².